The summed E-state index contributed by atoms with van der Waals surface area (Å²) in [4.78, 5) is 11.0. The van der Waals surface area contributed by atoms with Crippen LogP contribution >= 0.6 is 0 Å². The maximum absolute atomic E-state index is 11.0. The van der Waals surface area contributed by atoms with Gasteiger partial charge >= 0.3 is 5.97 Å². The minimum atomic E-state index is -0.285. The number of esters is 1. The van der Waals surface area contributed by atoms with E-state index < -0.39 is 0 Å². The van der Waals surface area contributed by atoms with Crippen LogP contribution in [-0.2, 0) is 16.1 Å². The average molecular weight is 267 g/mol. The van der Waals surface area contributed by atoms with Crippen LogP contribution < -0.4 is 14.8 Å². The third-order valence-electron chi connectivity index (χ3n) is 2.42. The Kier molecular flexibility index (Phi) is 6.15. The fraction of sp³-hybridized carbons (Fsp3) is 0.500. The van der Waals surface area contributed by atoms with Crippen molar-refractivity contribution in [1.29, 1.82) is 0 Å². The summed E-state index contributed by atoms with van der Waals surface area (Å²) in [5.74, 6) is 1.12. The molecule has 0 aliphatic heterocycles. The first-order valence-electron chi connectivity index (χ1n) is 6.18. The summed E-state index contributed by atoms with van der Waals surface area (Å²) in [7, 11) is 2.97. The second kappa shape index (κ2) is 7.63. The molecule has 0 saturated heterocycles. The number of hydrogen-bond acceptors (Lipinski definition) is 5. The third-order valence-corrected chi connectivity index (χ3v) is 2.42. The number of ether oxygens (including phenoxy) is 3. The lowest BCUT2D eigenvalue weighted by Crippen LogP contribution is -2.23. The van der Waals surface area contributed by atoms with E-state index in [1.54, 1.807) is 7.11 Å². The van der Waals surface area contributed by atoms with Gasteiger partial charge in [0.2, 0.25) is 0 Å². The van der Waals surface area contributed by atoms with Gasteiger partial charge in [-0.05, 0) is 31.5 Å². The summed E-state index contributed by atoms with van der Waals surface area (Å²) < 4.78 is 15.5. The highest BCUT2D eigenvalue weighted by Gasteiger charge is 2.07. The molecule has 0 heterocycles. The Balaban J connectivity index is 2.63. The summed E-state index contributed by atoms with van der Waals surface area (Å²) in [6, 6.07) is 5.69. The molecule has 0 radical (unpaired) electrons. The number of benzene rings is 1. The maximum atomic E-state index is 11.0. The molecule has 0 bridgehead atoms. The predicted octanol–water partition coefficient (Wildman–Crippen LogP) is 1.74. The van der Waals surface area contributed by atoms with Crippen molar-refractivity contribution in [2.75, 3.05) is 20.8 Å². The molecule has 1 aromatic rings. The molecule has 0 aromatic heterocycles. The summed E-state index contributed by atoms with van der Waals surface area (Å²) in [5.41, 5.74) is 1.01. The summed E-state index contributed by atoms with van der Waals surface area (Å²) in [6.45, 7) is 4.67. The van der Waals surface area contributed by atoms with E-state index in [4.69, 9.17) is 9.47 Å². The van der Waals surface area contributed by atoms with Crippen LogP contribution in [0.15, 0.2) is 18.2 Å². The van der Waals surface area contributed by atoms with E-state index in [2.05, 4.69) is 10.1 Å². The van der Waals surface area contributed by atoms with Crippen molar-refractivity contribution in [1.82, 2.24) is 5.32 Å². The van der Waals surface area contributed by atoms with E-state index >= 15 is 0 Å². The van der Waals surface area contributed by atoms with Crippen molar-refractivity contribution < 1.29 is 19.0 Å². The van der Waals surface area contributed by atoms with Crippen LogP contribution in [0, 0.1) is 0 Å². The predicted molar refractivity (Wildman–Crippen MR) is 72.5 cm³/mol. The Hall–Kier alpha value is -1.75. The van der Waals surface area contributed by atoms with Crippen molar-refractivity contribution >= 4 is 5.97 Å². The zero-order valence-corrected chi connectivity index (χ0v) is 11.9. The van der Waals surface area contributed by atoms with E-state index in [0.29, 0.717) is 18.0 Å². The summed E-state index contributed by atoms with van der Waals surface area (Å²) in [5, 5.41) is 2.99. The van der Waals surface area contributed by atoms with Crippen LogP contribution in [-0.4, -0.2) is 32.8 Å². The molecule has 0 spiro atoms. The lowest BCUT2D eigenvalue weighted by molar-refractivity contribution is -0.139. The summed E-state index contributed by atoms with van der Waals surface area (Å²) in [6.07, 6.45) is 0.0946. The van der Waals surface area contributed by atoms with Gasteiger partial charge in [0, 0.05) is 6.54 Å². The molecule has 5 nitrogen and oxygen atoms in total. The van der Waals surface area contributed by atoms with Crippen molar-refractivity contribution in [2.24, 2.45) is 0 Å². The smallest absolute Gasteiger partial charge is 0.319 e. The molecule has 106 valence electrons. The number of carbonyl (C=O) groups is 1. The molecule has 1 N–H and O–H groups in total. The molecule has 0 saturated carbocycles. The highest BCUT2D eigenvalue weighted by Crippen LogP contribution is 2.28. The number of nitrogens with one attached hydrogen (secondary N) is 1. The normalized spacial score (nSPS) is 10.4. The molecule has 0 amide bonds. The van der Waals surface area contributed by atoms with Crippen LogP contribution in [0.3, 0.4) is 0 Å². The first-order chi connectivity index (χ1) is 9.06. The van der Waals surface area contributed by atoms with Gasteiger partial charge in [0.25, 0.3) is 0 Å². The van der Waals surface area contributed by atoms with Gasteiger partial charge in [-0.3, -0.25) is 4.79 Å². The molecular formula is C14H21NO4. The van der Waals surface area contributed by atoms with Gasteiger partial charge in [-0.15, -0.1) is 0 Å². The first kappa shape index (κ1) is 15.3. The zero-order valence-electron chi connectivity index (χ0n) is 11.9. The second-order valence-electron chi connectivity index (χ2n) is 4.33. The topological polar surface area (TPSA) is 56.8 Å². The van der Waals surface area contributed by atoms with E-state index in [1.807, 2.05) is 32.0 Å². The van der Waals surface area contributed by atoms with Gasteiger partial charge < -0.3 is 19.5 Å². The molecule has 0 atom stereocenters. The Morgan fingerprint density at radius 2 is 2.00 bits per heavy atom. The van der Waals surface area contributed by atoms with E-state index in [1.165, 1.54) is 7.11 Å². The SMILES string of the molecule is COC(=O)CNCc1ccc(OC(C)C)c(OC)c1. The van der Waals surface area contributed by atoms with Crippen molar-refractivity contribution in [3.05, 3.63) is 23.8 Å². The van der Waals surface area contributed by atoms with Gasteiger partial charge in [-0.1, -0.05) is 6.07 Å². The highest BCUT2D eigenvalue weighted by molar-refractivity contribution is 5.71. The number of rotatable bonds is 7. The minimum absolute atomic E-state index is 0.0946. The fourth-order valence-corrected chi connectivity index (χ4v) is 1.55. The van der Waals surface area contributed by atoms with Crippen LogP contribution in [0.2, 0.25) is 0 Å². The number of methoxy groups -OCH3 is 2. The quantitative estimate of drug-likeness (QED) is 0.763. The molecular weight excluding hydrogens is 246 g/mol. The molecule has 0 aliphatic carbocycles. The van der Waals surface area contributed by atoms with E-state index in [9.17, 15) is 4.79 Å². The standard InChI is InChI=1S/C14H21NO4/c1-10(2)19-12-6-5-11(7-13(12)17-3)8-15-9-14(16)18-4/h5-7,10,15H,8-9H2,1-4H3. The van der Waals surface area contributed by atoms with E-state index in [-0.39, 0.29) is 18.6 Å². The minimum Gasteiger partial charge on any atom is -0.493 e. The molecule has 0 unspecified atom stereocenters. The largest absolute Gasteiger partial charge is 0.493 e. The lowest BCUT2D eigenvalue weighted by atomic mass is 10.2. The Bertz CT molecular complexity index is 418. The lowest BCUT2D eigenvalue weighted by Gasteiger charge is -2.14. The molecule has 5 heteroatoms. The zero-order chi connectivity index (χ0) is 14.3. The van der Waals surface area contributed by atoms with Gasteiger partial charge in [0.05, 0.1) is 26.9 Å². The van der Waals surface area contributed by atoms with Crippen molar-refractivity contribution in [2.45, 2.75) is 26.5 Å². The molecule has 1 rings (SSSR count). The van der Waals surface area contributed by atoms with Crippen molar-refractivity contribution in [3.63, 3.8) is 0 Å². The monoisotopic (exact) mass is 267 g/mol. The van der Waals surface area contributed by atoms with Gasteiger partial charge in [0.1, 0.15) is 0 Å². The summed E-state index contributed by atoms with van der Waals surface area (Å²) >= 11 is 0. The fourth-order valence-electron chi connectivity index (χ4n) is 1.55. The Labute approximate surface area is 113 Å². The van der Waals surface area contributed by atoms with Crippen LogP contribution in [0.25, 0.3) is 0 Å². The molecule has 0 fully saturated rings. The van der Waals surface area contributed by atoms with Crippen molar-refractivity contribution in [3.8, 4) is 11.5 Å². The average Bonchev–Trinajstić information content (AvgIpc) is 2.39. The maximum Gasteiger partial charge on any atom is 0.319 e. The number of carbonyl (C=O) groups excluding carboxylic acids is 1. The van der Waals surface area contributed by atoms with Gasteiger partial charge in [-0.2, -0.15) is 0 Å². The second-order valence-corrected chi connectivity index (χ2v) is 4.33. The van der Waals surface area contributed by atoms with Gasteiger partial charge in [-0.25, -0.2) is 0 Å². The van der Waals surface area contributed by atoms with Crippen LogP contribution in [0.4, 0.5) is 0 Å². The molecule has 19 heavy (non-hydrogen) atoms. The highest BCUT2D eigenvalue weighted by atomic mass is 16.5. The Morgan fingerprint density at radius 1 is 1.26 bits per heavy atom. The van der Waals surface area contributed by atoms with E-state index in [0.717, 1.165) is 5.56 Å². The number of hydrogen-bond donors (Lipinski definition) is 1. The molecule has 0 aliphatic rings. The first-order valence-corrected chi connectivity index (χ1v) is 6.18. The van der Waals surface area contributed by atoms with Crippen LogP contribution in [0.5, 0.6) is 11.5 Å². The third kappa shape index (κ3) is 5.18. The van der Waals surface area contributed by atoms with Gasteiger partial charge in [0.15, 0.2) is 11.5 Å². The van der Waals surface area contributed by atoms with Crippen LogP contribution in [0.1, 0.15) is 19.4 Å². The Morgan fingerprint density at radius 3 is 2.58 bits per heavy atom. The molecule has 1 aromatic carbocycles.